The van der Waals surface area contributed by atoms with Crippen molar-refractivity contribution in [1.29, 1.82) is 0 Å². The fourth-order valence-electron chi connectivity index (χ4n) is 4.63. The number of benzene rings is 3. The van der Waals surface area contributed by atoms with Gasteiger partial charge in [-0.25, -0.2) is 4.68 Å². The van der Waals surface area contributed by atoms with Crippen molar-refractivity contribution in [3.05, 3.63) is 91.0 Å². The van der Waals surface area contributed by atoms with Gasteiger partial charge in [0.05, 0.1) is 16.7 Å². The minimum absolute atomic E-state index is 0.480. The molecular formula is C28H29N5. The number of allylic oxidation sites excluding steroid dienone is 1. The Hall–Kier alpha value is -3.70. The standard InChI is InChI=1S/C28H29N5/c1-3-20(18-19-29-2)16-17-23-22-12-9-15-26(33-25-14-8-7-13-24(25)31-32-33)28(22)30-27(23)21-10-5-4-6-11-21/h3-15,20,29-30H,1,16-19H2,2H3. The number of H-pyrrole nitrogens is 1. The van der Waals surface area contributed by atoms with Gasteiger partial charge in [0.1, 0.15) is 5.52 Å². The lowest BCUT2D eigenvalue weighted by Gasteiger charge is -2.13. The Kier molecular flexibility index (Phi) is 6.05. The molecule has 166 valence electrons. The van der Waals surface area contributed by atoms with Crippen molar-refractivity contribution in [2.45, 2.75) is 19.3 Å². The molecular weight excluding hydrogens is 406 g/mol. The molecule has 0 radical (unpaired) electrons. The van der Waals surface area contributed by atoms with Gasteiger partial charge in [-0.15, -0.1) is 11.7 Å². The maximum atomic E-state index is 4.48. The lowest BCUT2D eigenvalue weighted by Crippen LogP contribution is -2.12. The van der Waals surface area contributed by atoms with Gasteiger partial charge in [0.25, 0.3) is 0 Å². The van der Waals surface area contributed by atoms with Gasteiger partial charge in [0.15, 0.2) is 0 Å². The molecule has 0 saturated heterocycles. The molecule has 0 amide bonds. The second kappa shape index (κ2) is 9.43. The van der Waals surface area contributed by atoms with E-state index in [4.69, 9.17) is 0 Å². The van der Waals surface area contributed by atoms with Crippen LogP contribution >= 0.6 is 0 Å². The molecule has 0 aliphatic rings. The first kappa shape index (κ1) is 21.2. The molecule has 0 aliphatic heterocycles. The summed E-state index contributed by atoms with van der Waals surface area (Å²) in [4.78, 5) is 3.76. The monoisotopic (exact) mass is 435 g/mol. The first-order valence-corrected chi connectivity index (χ1v) is 11.6. The van der Waals surface area contributed by atoms with Crippen molar-refractivity contribution >= 4 is 21.9 Å². The van der Waals surface area contributed by atoms with Crippen LogP contribution in [-0.2, 0) is 6.42 Å². The molecule has 0 bridgehead atoms. The molecule has 0 fully saturated rings. The number of nitrogens with zero attached hydrogens (tertiary/aromatic N) is 3. The van der Waals surface area contributed by atoms with Crippen molar-refractivity contribution in [3.63, 3.8) is 0 Å². The van der Waals surface area contributed by atoms with Crippen LogP contribution in [0.5, 0.6) is 0 Å². The molecule has 0 spiro atoms. The number of hydrogen-bond acceptors (Lipinski definition) is 3. The van der Waals surface area contributed by atoms with Crippen molar-refractivity contribution in [1.82, 2.24) is 25.3 Å². The third-order valence-corrected chi connectivity index (χ3v) is 6.43. The molecule has 3 aromatic carbocycles. The number of fused-ring (bicyclic) bond motifs is 2. The van der Waals surface area contributed by atoms with Crippen molar-refractivity contribution in [2.24, 2.45) is 5.92 Å². The summed E-state index contributed by atoms with van der Waals surface area (Å²) in [7, 11) is 2.00. The zero-order valence-electron chi connectivity index (χ0n) is 19.0. The molecule has 5 heteroatoms. The molecule has 33 heavy (non-hydrogen) atoms. The van der Waals surface area contributed by atoms with Crippen molar-refractivity contribution in [2.75, 3.05) is 13.6 Å². The summed E-state index contributed by atoms with van der Waals surface area (Å²) in [5, 5.41) is 13.3. The predicted molar refractivity (Wildman–Crippen MR) is 137 cm³/mol. The van der Waals surface area contributed by atoms with Crippen molar-refractivity contribution in [3.8, 4) is 16.9 Å². The summed E-state index contributed by atoms with van der Waals surface area (Å²) in [5.74, 6) is 0.480. The molecule has 1 unspecified atom stereocenters. The lowest BCUT2D eigenvalue weighted by atomic mass is 9.93. The minimum Gasteiger partial charge on any atom is -0.353 e. The fraction of sp³-hybridized carbons (Fsp3) is 0.214. The number of aromatic amines is 1. The summed E-state index contributed by atoms with van der Waals surface area (Å²) >= 11 is 0. The van der Waals surface area contributed by atoms with Gasteiger partial charge in [0, 0.05) is 11.1 Å². The summed E-state index contributed by atoms with van der Waals surface area (Å²) in [5.41, 5.74) is 7.72. The highest BCUT2D eigenvalue weighted by Crippen LogP contribution is 2.35. The van der Waals surface area contributed by atoms with E-state index in [1.165, 1.54) is 22.2 Å². The Bertz CT molecular complexity index is 1380. The van der Waals surface area contributed by atoms with Gasteiger partial charge in [-0.2, -0.15) is 0 Å². The average molecular weight is 436 g/mol. The maximum absolute atomic E-state index is 4.48. The SMILES string of the molecule is C=CC(CCNC)CCc1c(-c2ccccc2)[nH]c2c(-n3nnc4ccccc43)cccc12. The Morgan fingerprint density at radius 3 is 2.64 bits per heavy atom. The van der Waals surface area contributed by atoms with Crippen LogP contribution in [0.25, 0.3) is 38.9 Å². The normalized spacial score (nSPS) is 12.4. The van der Waals surface area contributed by atoms with E-state index in [1.54, 1.807) is 0 Å². The van der Waals surface area contributed by atoms with Crippen LogP contribution in [0.2, 0.25) is 0 Å². The number of hydrogen-bond donors (Lipinski definition) is 2. The van der Waals surface area contributed by atoms with Crippen LogP contribution in [0.4, 0.5) is 0 Å². The second-order valence-electron chi connectivity index (χ2n) is 8.46. The quantitative estimate of drug-likeness (QED) is 0.283. The first-order valence-electron chi connectivity index (χ1n) is 11.6. The lowest BCUT2D eigenvalue weighted by molar-refractivity contribution is 0.531. The zero-order chi connectivity index (χ0) is 22.6. The van der Waals surface area contributed by atoms with E-state index in [0.29, 0.717) is 5.92 Å². The van der Waals surface area contributed by atoms with E-state index in [9.17, 15) is 0 Å². The highest BCUT2D eigenvalue weighted by atomic mass is 15.4. The predicted octanol–water partition coefficient (Wildman–Crippen LogP) is 5.91. The van der Waals surface area contributed by atoms with Crippen LogP contribution in [0.1, 0.15) is 18.4 Å². The fourth-order valence-corrected chi connectivity index (χ4v) is 4.63. The highest BCUT2D eigenvalue weighted by molar-refractivity contribution is 5.96. The van der Waals surface area contributed by atoms with Crippen LogP contribution in [0, 0.1) is 5.92 Å². The Labute approximate surface area is 194 Å². The van der Waals surface area contributed by atoms with Gasteiger partial charge < -0.3 is 10.3 Å². The number of aryl methyl sites for hydroxylation is 1. The van der Waals surface area contributed by atoms with E-state index in [1.807, 2.05) is 29.9 Å². The average Bonchev–Trinajstić information content (AvgIpc) is 3.46. The molecule has 1 atom stereocenters. The van der Waals surface area contributed by atoms with Gasteiger partial charge >= 0.3 is 0 Å². The van der Waals surface area contributed by atoms with E-state index in [0.717, 1.165) is 48.0 Å². The van der Waals surface area contributed by atoms with Gasteiger partial charge in [0.2, 0.25) is 0 Å². The summed E-state index contributed by atoms with van der Waals surface area (Å²) in [6.07, 6.45) is 5.24. The van der Waals surface area contributed by atoms with Crippen LogP contribution in [-0.4, -0.2) is 33.6 Å². The van der Waals surface area contributed by atoms with Crippen LogP contribution < -0.4 is 5.32 Å². The Balaban J connectivity index is 1.63. The topological polar surface area (TPSA) is 58.5 Å². The van der Waals surface area contributed by atoms with E-state index < -0.39 is 0 Å². The molecule has 5 aromatic rings. The van der Waals surface area contributed by atoms with Crippen LogP contribution in [0.15, 0.2) is 85.5 Å². The van der Waals surface area contributed by atoms with Gasteiger partial charge in [-0.3, -0.25) is 0 Å². The van der Waals surface area contributed by atoms with Gasteiger partial charge in [-0.1, -0.05) is 65.9 Å². The molecule has 2 aromatic heterocycles. The smallest absolute Gasteiger partial charge is 0.113 e. The molecule has 2 N–H and O–H groups in total. The number of aromatic nitrogens is 4. The highest BCUT2D eigenvalue weighted by Gasteiger charge is 2.18. The number of para-hydroxylation sites is 2. The van der Waals surface area contributed by atoms with E-state index in [-0.39, 0.29) is 0 Å². The third kappa shape index (κ3) is 4.08. The summed E-state index contributed by atoms with van der Waals surface area (Å²) < 4.78 is 1.94. The van der Waals surface area contributed by atoms with E-state index >= 15 is 0 Å². The largest absolute Gasteiger partial charge is 0.353 e. The zero-order valence-corrected chi connectivity index (χ0v) is 19.0. The van der Waals surface area contributed by atoms with Crippen molar-refractivity contribution < 1.29 is 0 Å². The molecule has 0 aliphatic carbocycles. The summed E-state index contributed by atoms with van der Waals surface area (Å²) in [6, 6.07) is 25.1. The van der Waals surface area contributed by atoms with E-state index in [2.05, 4.69) is 87.9 Å². The first-order chi connectivity index (χ1) is 16.3. The maximum Gasteiger partial charge on any atom is 0.113 e. The number of nitrogens with one attached hydrogen (secondary N) is 2. The Morgan fingerprint density at radius 1 is 1.00 bits per heavy atom. The molecule has 5 nitrogen and oxygen atoms in total. The molecule has 2 heterocycles. The minimum atomic E-state index is 0.480. The van der Waals surface area contributed by atoms with Crippen LogP contribution in [0.3, 0.4) is 0 Å². The molecule has 5 rings (SSSR count). The molecule has 0 saturated carbocycles. The Morgan fingerprint density at radius 2 is 1.82 bits per heavy atom. The van der Waals surface area contributed by atoms with Gasteiger partial charge in [-0.05, 0) is 68.1 Å². The number of rotatable bonds is 9. The second-order valence-corrected chi connectivity index (χ2v) is 8.46. The third-order valence-electron chi connectivity index (χ3n) is 6.43. The summed E-state index contributed by atoms with van der Waals surface area (Å²) in [6.45, 7) is 5.08.